The minimum absolute atomic E-state index is 0.0501. The maximum absolute atomic E-state index is 12.6. The third-order valence-electron chi connectivity index (χ3n) is 4.48. The van der Waals surface area contributed by atoms with Crippen molar-refractivity contribution in [1.82, 2.24) is 0 Å². The zero-order valence-electron chi connectivity index (χ0n) is 18.6. The summed E-state index contributed by atoms with van der Waals surface area (Å²) in [6.07, 6.45) is 0. The summed E-state index contributed by atoms with van der Waals surface area (Å²) in [6.45, 7) is 8.85. The lowest BCUT2D eigenvalue weighted by Crippen LogP contribution is -2.46. The summed E-state index contributed by atoms with van der Waals surface area (Å²) in [6, 6.07) is 2.67. The lowest BCUT2D eigenvalue weighted by Gasteiger charge is -2.39. The second-order valence-corrected chi connectivity index (χ2v) is 16.5. The Balaban J connectivity index is 4.00. The summed E-state index contributed by atoms with van der Waals surface area (Å²) >= 11 is 54.8. The van der Waals surface area contributed by atoms with Crippen molar-refractivity contribution >= 4 is 118 Å². The van der Waals surface area contributed by atoms with E-state index in [0.29, 0.717) is 0 Å². The van der Waals surface area contributed by atoms with Crippen LogP contribution in [0.3, 0.4) is 0 Å². The Hall–Kier alpha value is 0.930. The first kappa shape index (κ1) is 33.0. The summed E-state index contributed by atoms with van der Waals surface area (Å²) in [5.41, 5.74) is 2.77. The molecule has 0 saturated carbocycles. The number of nitrogens with one attached hydrogen (secondary N) is 1. The van der Waals surface area contributed by atoms with Gasteiger partial charge in [0.25, 0.3) is 7.95 Å². The normalized spacial score (nSPS) is 14.5. The number of hydrogen-bond acceptors (Lipinski definition) is 5. The van der Waals surface area contributed by atoms with Crippen molar-refractivity contribution in [2.75, 3.05) is 0 Å². The monoisotopic (exact) mass is 675 g/mol. The van der Waals surface area contributed by atoms with Crippen LogP contribution < -0.4 is 19.5 Å². The number of ether oxygens (including phenoxy) is 3. The molecule has 1 aromatic rings. The summed E-state index contributed by atoms with van der Waals surface area (Å²) in [7, 11) is -2.66. The smallest absolute Gasteiger partial charge is 0.250 e. The average molecular weight is 679 g/mol. The summed E-state index contributed by atoms with van der Waals surface area (Å²) < 4.78 is 24.8. The zero-order chi connectivity index (χ0) is 27.1. The number of nitrogens with zero attached hydrogens (tertiary/aromatic N) is 1. The predicted octanol–water partition coefficient (Wildman–Crippen LogP) is 9.67. The molecule has 6 nitrogen and oxygen atoms in total. The molecule has 1 unspecified atom stereocenters. The van der Waals surface area contributed by atoms with Crippen molar-refractivity contribution in [3.63, 3.8) is 0 Å². The van der Waals surface area contributed by atoms with Gasteiger partial charge in [-0.2, -0.15) is 5.53 Å². The fourth-order valence-corrected chi connectivity index (χ4v) is 2.95. The van der Waals surface area contributed by atoms with Crippen LogP contribution in [0.25, 0.3) is 0 Å². The van der Waals surface area contributed by atoms with Crippen molar-refractivity contribution in [2.45, 2.75) is 69.7 Å². The highest BCUT2D eigenvalue weighted by atomic mass is 35.6. The van der Waals surface area contributed by atoms with Gasteiger partial charge < -0.3 is 14.2 Å². The van der Waals surface area contributed by atoms with E-state index in [0.717, 1.165) is 0 Å². The van der Waals surface area contributed by atoms with E-state index in [-0.39, 0.29) is 22.6 Å². The van der Waals surface area contributed by atoms with Crippen LogP contribution in [-0.4, -0.2) is 28.2 Å². The highest BCUT2D eigenvalue weighted by molar-refractivity contribution is 7.52. The highest BCUT2D eigenvalue weighted by Gasteiger charge is 2.48. The quantitative estimate of drug-likeness (QED) is 0.169. The van der Waals surface area contributed by atoms with Gasteiger partial charge >= 0.3 is 0 Å². The fraction of sp³-hybridized carbons (Fsp3) is 0.667. The molecule has 195 valence electrons. The first-order chi connectivity index (χ1) is 14.9. The van der Waals surface area contributed by atoms with E-state index < -0.39 is 36.1 Å². The van der Waals surface area contributed by atoms with Crippen LogP contribution in [0.4, 0.5) is 0 Å². The van der Waals surface area contributed by atoms with E-state index in [1.807, 2.05) is 0 Å². The molecule has 0 amide bonds. The minimum Gasteiger partial charge on any atom is -0.479 e. The van der Waals surface area contributed by atoms with Crippen molar-refractivity contribution < 1.29 is 18.8 Å². The van der Waals surface area contributed by atoms with Gasteiger partial charge in [0, 0.05) is 0 Å². The van der Waals surface area contributed by atoms with Crippen LogP contribution >= 0.6 is 112 Å². The maximum Gasteiger partial charge on any atom is 0.250 e. The minimum atomic E-state index is -2.66. The number of halogens is 9. The SMILES string of the molecule is CC(C)(Oc1ccc([P](=O)N=N)c(OC(C)(C)C(Cl)(Cl)Cl)c1OC(C)(C)C(Cl)(Cl)Cl)C(Cl)(Cl)Cl. The van der Waals surface area contributed by atoms with E-state index in [2.05, 4.69) is 4.88 Å². The molecule has 1 rings (SSSR count). The molecule has 1 aromatic carbocycles. The second-order valence-electron chi connectivity index (χ2n) is 8.44. The van der Waals surface area contributed by atoms with Gasteiger partial charge in [-0.25, -0.2) is 0 Å². The lowest BCUT2D eigenvalue weighted by molar-refractivity contribution is 0.0639. The van der Waals surface area contributed by atoms with Crippen molar-refractivity contribution in [2.24, 2.45) is 4.88 Å². The van der Waals surface area contributed by atoms with Gasteiger partial charge in [-0.05, 0) is 53.7 Å². The van der Waals surface area contributed by atoms with Crippen LogP contribution in [0, 0.1) is 5.53 Å². The van der Waals surface area contributed by atoms with Gasteiger partial charge in [-0.3, -0.25) is 4.57 Å². The van der Waals surface area contributed by atoms with Gasteiger partial charge in [0.05, 0.1) is 0 Å². The molecule has 0 aromatic heterocycles. The first-order valence-electron chi connectivity index (χ1n) is 9.17. The van der Waals surface area contributed by atoms with E-state index in [4.69, 9.17) is 124 Å². The molecule has 0 aliphatic heterocycles. The number of rotatable bonds is 8. The molecule has 0 bridgehead atoms. The van der Waals surface area contributed by atoms with Gasteiger partial charge in [0.15, 0.2) is 28.3 Å². The second kappa shape index (κ2) is 11.0. The molecule has 0 aliphatic rings. The molecule has 0 aliphatic carbocycles. The molecule has 16 heteroatoms. The zero-order valence-corrected chi connectivity index (χ0v) is 26.3. The molecular formula is C18H21Cl9N2O4P. The van der Waals surface area contributed by atoms with E-state index >= 15 is 0 Å². The summed E-state index contributed by atoms with van der Waals surface area (Å²) in [4.78, 5) is 3.08. The van der Waals surface area contributed by atoms with E-state index in [1.165, 1.54) is 53.7 Å². The molecule has 0 fully saturated rings. The fourth-order valence-electron chi connectivity index (χ4n) is 1.97. The van der Waals surface area contributed by atoms with Gasteiger partial charge in [-0.15, -0.1) is 4.88 Å². The number of alkyl halides is 9. The van der Waals surface area contributed by atoms with Crippen molar-refractivity contribution in [1.29, 1.82) is 5.53 Å². The molecule has 1 radical (unpaired) electrons. The number of hydrogen-bond donors (Lipinski definition) is 1. The summed E-state index contributed by atoms with van der Waals surface area (Å²) in [5, 5.41) is -0.0820. The number of benzene rings is 1. The molecule has 34 heavy (non-hydrogen) atoms. The Morgan fingerprint density at radius 1 is 0.676 bits per heavy atom. The average Bonchev–Trinajstić information content (AvgIpc) is 2.60. The van der Waals surface area contributed by atoms with Crippen molar-refractivity contribution in [3.8, 4) is 17.2 Å². The third kappa shape index (κ3) is 7.72. The van der Waals surface area contributed by atoms with Gasteiger partial charge in [-0.1, -0.05) is 104 Å². The Morgan fingerprint density at radius 3 is 1.38 bits per heavy atom. The van der Waals surface area contributed by atoms with E-state index in [1.54, 1.807) is 0 Å². The van der Waals surface area contributed by atoms with Crippen LogP contribution in [0.15, 0.2) is 17.0 Å². The van der Waals surface area contributed by atoms with Gasteiger partial charge in [0.2, 0.25) is 17.1 Å². The van der Waals surface area contributed by atoms with Crippen LogP contribution in [0.2, 0.25) is 0 Å². The van der Waals surface area contributed by atoms with Crippen LogP contribution in [0.1, 0.15) is 41.5 Å². The third-order valence-corrected chi connectivity index (χ3v) is 9.52. The Kier molecular flexibility index (Phi) is 10.6. The van der Waals surface area contributed by atoms with Gasteiger partial charge in [0.1, 0.15) is 5.30 Å². The van der Waals surface area contributed by atoms with Crippen LogP contribution in [-0.2, 0) is 4.57 Å². The molecule has 1 atom stereocenters. The molecule has 0 spiro atoms. The molecular weight excluding hydrogens is 658 g/mol. The Bertz CT molecular complexity index is 939. The van der Waals surface area contributed by atoms with Crippen molar-refractivity contribution in [3.05, 3.63) is 12.1 Å². The molecule has 0 heterocycles. The first-order valence-corrected chi connectivity index (χ1v) is 13.8. The van der Waals surface area contributed by atoms with E-state index in [9.17, 15) is 4.57 Å². The highest BCUT2D eigenvalue weighted by Crippen LogP contribution is 2.52. The molecule has 0 saturated heterocycles. The topological polar surface area (TPSA) is 81.0 Å². The predicted molar refractivity (Wildman–Crippen MR) is 144 cm³/mol. The lowest BCUT2D eigenvalue weighted by atomic mass is 10.1. The maximum atomic E-state index is 12.6. The Morgan fingerprint density at radius 2 is 1.03 bits per heavy atom. The molecule has 1 N–H and O–H groups in total. The van der Waals surface area contributed by atoms with Crippen LogP contribution in [0.5, 0.6) is 17.2 Å². The summed E-state index contributed by atoms with van der Waals surface area (Å²) in [5.74, 6) is -0.509. The Labute approximate surface area is 244 Å². The standard InChI is InChI=1S/C18H21Cl9N2O4P/c1-13(2,16(19,20)21)31-9-7-8-10(34(30)29-28)12(33-15(5,6)18(25,26)27)11(9)32-14(3,4)17(22,23)24/h7-8,28H,1-6H3. The largest absolute Gasteiger partial charge is 0.479 e.